The molecule has 142 valence electrons. The first-order chi connectivity index (χ1) is 12.3. The molecular formula is C17H19F2NO5S. The lowest BCUT2D eigenvalue weighted by Crippen LogP contribution is -2.26. The van der Waals surface area contributed by atoms with Crippen molar-refractivity contribution in [2.24, 2.45) is 0 Å². The highest BCUT2D eigenvalue weighted by atomic mass is 32.2. The average molecular weight is 387 g/mol. The van der Waals surface area contributed by atoms with E-state index < -0.39 is 16.6 Å². The minimum absolute atomic E-state index is 0.00566. The van der Waals surface area contributed by atoms with Crippen LogP contribution in [0.4, 0.5) is 8.78 Å². The molecule has 2 aromatic carbocycles. The van der Waals surface area contributed by atoms with E-state index in [2.05, 4.69) is 4.74 Å². The maximum Gasteiger partial charge on any atom is 0.387 e. The van der Waals surface area contributed by atoms with Gasteiger partial charge in [0.1, 0.15) is 10.6 Å². The molecule has 0 aliphatic carbocycles. The van der Waals surface area contributed by atoms with Gasteiger partial charge in [-0.2, -0.15) is 13.1 Å². The fourth-order valence-corrected chi connectivity index (χ4v) is 3.66. The van der Waals surface area contributed by atoms with Crippen LogP contribution in [0, 0.1) is 0 Å². The topological polar surface area (TPSA) is 65.1 Å². The first kappa shape index (κ1) is 19.9. The Hall–Kier alpha value is -2.39. The smallest absolute Gasteiger partial charge is 0.387 e. The Morgan fingerprint density at radius 1 is 1.00 bits per heavy atom. The lowest BCUT2D eigenvalue weighted by Gasteiger charge is -2.19. The molecule has 0 radical (unpaired) electrons. The third kappa shape index (κ3) is 4.41. The van der Waals surface area contributed by atoms with E-state index >= 15 is 0 Å². The van der Waals surface area contributed by atoms with Gasteiger partial charge in [-0.05, 0) is 29.8 Å². The lowest BCUT2D eigenvalue weighted by molar-refractivity contribution is -0.0512. The summed E-state index contributed by atoms with van der Waals surface area (Å²) in [5.74, 6) is 0.199. The highest BCUT2D eigenvalue weighted by Gasteiger charge is 2.25. The van der Waals surface area contributed by atoms with E-state index in [1.807, 2.05) is 0 Å². The van der Waals surface area contributed by atoms with Crippen LogP contribution in [-0.4, -0.2) is 40.6 Å². The van der Waals surface area contributed by atoms with Crippen LogP contribution in [0.1, 0.15) is 5.56 Å². The number of hydrogen-bond donors (Lipinski definition) is 0. The Bertz CT molecular complexity index is 858. The maximum absolute atomic E-state index is 12.8. The summed E-state index contributed by atoms with van der Waals surface area (Å²) in [5, 5.41) is 0. The molecule has 0 aliphatic heterocycles. The fourth-order valence-electron chi connectivity index (χ4n) is 2.35. The molecule has 26 heavy (non-hydrogen) atoms. The van der Waals surface area contributed by atoms with Crippen molar-refractivity contribution in [2.75, 3.05) is 21.3 Å². The Kier molecular flexibility index (Phi) is 6.38. The zero-order chi connectivity index (χ0) is 19.3. The van der Waals surface area contributed by atoms with Gasteiger partial charge >= 0.3 is 6.61 Å². The zero-order valence-corrected chi connectivity index (χ0v) is 15.3. The van der Waals surface area contributed by atoms with Crippen molar-refractivity contribution in [3.63, 3.8) is 0 Å². The summed E-state index contributed by atoms with van der Waals surface area (Å²) in [6.45, 7) is -2.98. The summed E-state index contributed by atoms with van der Waals surface area (Å²) < 4.78 is 65.9. The Morgan fingerprint density at radius 3 is 2.27 bits per heavy atom. The standard InChI is InChI=1S/C17H19F2NO5S/c1-20(26(21,22)16-7-5-4-6-14(16)23-2)11-12-8-9-13(25-17(18)19)15(10-12)24-3/h4-10,17H,11H2,1-3H3. The van der Waals surface area contributed by atoms with E-state index in [-0.39, 0.29) is 28.7 Å². The normalized spacial score (nSPS) is 11.7. The van der Waals surface area contributed by atoms with Crippen molar-refractivity contribution in [3.8, 4) is 17.2 Å². The molecule has 9 heteroatoms. The molecule has 0 aliphatic rings. The van der Waals surface area contributed by atoms with Crippen LogP contribution in [0.3, 0.4) is 0 Å². The van der Waals surface area contributed by atoms with Crippen LogP contribution in [0.25, 0.3) is 0 Å². The van der Waals surface area contributed by atoms with E-state index in [0.29, 0.717) is 5.56 Å². The van der Waals surface area contributed by atoms with Gasteiger partial charge in [-0.1, -0.05) is 18.2 Å². The third-order valence-electron chi connectivity index (χ3n) is 3.61. The highest BCUT2D eigenvalue weighted by molar-refractivity contribution is 7.89. The van der Waals surface area contributed by atoms with Crippen LogP contribution in [-0.2, 0) is 16.6 Å². The fraction of sp³-hybridized carbons (Fsp3) is 0.294. The Morgan fingerprint density at radius 2 is 1.65 bits per heavy atom. The minimum Gasteiger partial charge on any atom is -0.495 e. The number of benzene rings is 2. The number of hydrogen-bond acceptors (Lipinski definition) is 5. The second kappa shape index (κ2) is 8.33. The van der Waals surface area contributed by atoms with Gasteiger partial charge in [-0.15, -0.1) is 0 Å². The van der Waals surface area contributed by atoms with Crippen molar-refractivity contribution in [2.45, 2.75) is 18.1 Å². The first-order valence-electron chi connectivity index (χ1n) is 7.50. The molecule has 0 saturated heterocycles. The van der Waals surface area contributed by atoms with Crippen molar-refractivity contribution in [3.05, 3.63) is 48.0 Å². The summed E-state index contributed by atoms with van der Waals surface area (Å²) in [4.78, 5) is 0.0367. The Balaban J connectivity index is 2.27. The minimum atomic E-state index is -3.81. The molecule has 2 rings (SSSR count). The molecule has 2 aromatic rings. The summed E-state index contributed by atoms with van der Waals surface area (Å²) in [7, 11) is 0.304. The molecule has 0 saturated carbocycles. The van der Waals surface area contributed by atoms with E-state index in [4.69, 9.17) is 9.47 Å². The number of sulfonamides is 1. The monoisotopic (exact) mass is 387 g/mol. The number of methoxy groups -OCH3 is 2. The third-order valence-corrected chi connectivity index (χ3v) is 5.45. The summed E-state index contributed by atoms with van der Waals surface area (Å²) >= 11 is 0. The summed E-state index contributed by atoms with van der Waals surface area (Å²) in [6, 6.07) is 10.5. The molecule has 0 fully saturated rings. The second-order valence-corrected chi connectivity index (χ2v) is 7.29. The van der Waals surface area contributed by atoms with E-state index in [9.17, 15) is 17.2 Å². The zero-order valence-electron chi connectivity index (χ0n) is 14.5. The van der Waals surface area contributed by atoms with Crippen LogP contribution in [0.5, 0.6) is 17.2 Å². The quantitative estimate of drug-likeness (QED) is 0.696. The van der Waals surface area contributed by atoms with Gasteiger partial charge in [0, 0.05) is 13.6 Å². The molecular weight excluding hydrogens is 368 g/mol. The van der Waals surface area contributed by atoms with Gasteiger partial charge in [-0.3, -0.25) is 0 Å². The number of ether oxygens (including phenoxy) is 3. The van der Waals surface area contributed by atoms with Crippen LogP contribution in [0.15, 0.2) is 47.4 Å². The first-order valence-corrected chi connectivity index (χ1v) is 8.94. The van der Waals surface area contributed by atoms with E-state index in [1.54, 1.807) is 18.2 Å². The van der Waals surface area contributed by atoms with Gasteiger partial charge < -0.3 is 14.2 Å². The molecule has 0 bridgehead atoms. The van der Waals surface area contributed by atoms with E-state index in [1.165, 1.54) is 45.5 Å². The van der Waals surface area contributed by atoms with Crippen molar-refractivity contribution in [1.29, 1.82) is 0 Å². The lowest BCUT2D eigenvalue weighted by atomic mass is 10.2. The average Bonchev–Trinajstić information content (AvgIpc) is 2.62. The number of rotatable bonds is 8. The van der Waals surface area contributed by atoms with E-state index in [0.717, 1.165) is 4.31 Å². The number of para-hydroxylation sites is 1. The molecule has 0 aromatic heterocycles. The van der Waals surface area contributed by atoms with Crippen LogP contribution in [0.2, 0.25) is 0 Å². The van der Waals surface area contributed by atoms with Crippen LogP contribution >= 0.6 is 0 Å². The number of halogens is 2. The molecule has 0 amide bonds. The van der Waals surface area contributed by atoms with Gasteiger partial charge in [0.2, 0.25) is 10.0 Å². The maximum atomic E-state index is 12.8. The van der Waals surface area contributed by atoms with Crippen LogP contribution < -0.4 is 14.2 Å². The molecule has 0 unspecified atom stereocenters. The summed E-state index contributed by atoms with van der Waals surface area (Å²) in [5.41, 5.74) is 0.546. The molecule has 6 nitrogen and oxygen atoms in total. The predicted octanol–water partition coefficient (Wildman–Crippen LogP) is 3.13. The second-order valence-electron chi connectivity index (χ2n) is 5.28. The molecule has 0 spiro atoms. The molecule has 0 N–H and O–H groups in total. The van der Waals surface area contributed by atoms with Gasteiger partial charge in [0.05, 0.1) is 14.2 Å². The molecule has 0 atom stereocenters. The van der Waals surface area contributed by atoms with Crippen molar-refractivity contribution in [1.82, 2.24) is 4.31 Å². The SMILES string of the molecule is COc1cc(CN(C)S(=O)(=O)c2ccccc2OC)ccc1OC(F)F. The Labute approximate surface area is 151 Å². The van der Waals surface area contributed by atoms with Gasteiger partial charge in [0.15, 0.2) is 11.5 Å². The van der Waals surface area contributed by atoms with Crippen molar-refractivity contribution < 1.29 is 31.4 Å². The number of alkyl halides is 2. The predicted molar refractivity (Wildman–Crippen MR) is 91.3 cm³/mol. The van der Waals surface area contributed by atoms with Gasteiger partial charge in [-0.25, -0.2) is 8.42 Å². The highest BCUT2D eigenvalue weighted by Crippen LogP contribution is 2.31. The molecule has 0 heterocycles. The largest absolute Gasteiger partial charge is 0.495 e. The van der Waals surface area contributed by atoms with Crippen molar-refractivity contribution >= 4 is 10.0 Å². The number of nitrogens with zero attached hydrogens (tertiary/aromatic N) is 1. The summed E-state index contributed by atoms with van der Waals surface area (Å²) in [6.07, 6.45) is 0. The van der Waals surface area contributed by atoms with Gasteiger partial charge in [0.25, 0.3) is 0 Å².